The number of hydrogen-bond acceptors (Lipinski definition) is 3. The van der Waals surface area contributed by atoms with E-state index in [-0.39, 0.29) is 0 Å². The Morgan fingerprint density at radius 2 is 2.42 bits per heavy atom. The Bertz CT molecular complexity index is 232. The van der Waals surface area contributed by atoms with Crippen LogP contribution < -0.4 is 11.1 Å². The molecule has 0 aliphatic rings. The lowest BCUT2D eigenvalue weighted by atomic mass is 10.2. The van der Waals surface area contributed by atoms with E-state index in [9.17, 15) is 0 Å². The van der Waals surface area contributed by atoms with Crippen molar-refractivity contribution < 1.29 is 4.42 Å². The maximum Gasteiger partial charge on any atom is 0.105 e. The van der Waals surface area contributed by atoms with Gasteiger partial charge in [0.2, 0.25) is 0 Å². The van der Waals surface area contributed by atoms with E-state index in [1.54, 1.807) is 6.26 Å². The van der Waals surface area contributed by atoms with Crippen molar-refractivity contribution in [2.24, 2.45) is 5.73 Å². The quantitative estimate of drug-likeness (QED) is 0.706. The number of furan rings is 1. The molecule has 0 saturated carbocycles. The van der Waals surface area contributed by atoms with Crippen LogP contribution in [0.2, 0.25) is 0 Å². The van der Waals surface area contributed by atoms with Gasteiger partial charge in [0.05, 0.1) is 6.26 Å². The Morgan fingerprint density at radius 1 is 1.67 bits per heavy atom. The van der Waals surface area contributed by atoms with Crippen molar-refractivity contribution in [3.8, 4) is 0 Å². The van der Waals surface area contributed by atoms with Gasteiger partial charge < -0.3 is 15.5 Å². The molecule has 1 rings (SSSR count). The van der Waals surface area contributed by atoms with Crippen molar-refractivity contribution in [1.29, 1.82) is 0 Å². The fourth-order valence-corrected chi connectivity index (χ4v) is 0.962. The highest BCUT2D eigenvalue weighted by molar-refractivity contribution is 5.14. The molecule has 0 spiro atoms. The lowest BCUT2D eigenvalue weighted by molar-refractivity contribution is 0.516. The molecule has 0 aliphatic heterocycles. The van der Waals surface area contributed by atoms with Crippen LogP contribution in [0.4, 0.5) is 0 Å². The molecule has 0 aliphatic carbocycles. The van der Waals surface area contributed by atoms with Gasteiger partial charge in [-0.15, -0.1) is 0 Å². The smallest absolute Gasteiger partial charge is 0.105 e. The number of nitrogens with one attached hydrogen (secondary N) is 1. The summed E-state index contributed by atoms with van der Waals surface area (Å²) in [6.07, 6.45) is 1.71. The van der Waals surface area contributed by atoms with Gasteiger partial charge in [-0.3, -0.25) is 0 Å². The first-order chi connectivity index (χ1) is 5.74. The van der Waals surface area contributed by atoms with Crippen molar-refractivity contribution in [3.63, 3.8) is 0 Å². The van der Waals surface area contributed by atoms with Crippen LogP contribution in [0.1, 0.15) is 18.2 Å². The summed E-state index contributed by atoms with van der Waals surface area (Å²) < 4.78 is 5.16. The fourth-order valence-electron chi connectivity index (χ4n) is 0.962. The Hall–Kier alpha value is -0.800. The van der Waals surface area contributed by atoms with E-state index in [2.05, 4.69) is 12.2 Å². The van der Waals surface area contributed by atoms with E-state index >= 15 is 0 Å². The highest BCUT2D eigenvalue weighted by atomic mass is 16.3. The maximum atomic E-state index is 5.46. The first-order valence-corrected chi connectivity index (χ1v) is 4.20. The zero-order valence-electron chi connectivity index (χ0n) is 7.63. The molecule has 1 heterocycles. The minimum atomic E-state index is 0.360. The average Bonchev–Trinajstić information content (AvgIpc) is 2.47. The Balaban J connectivity index is 2.38. The molecule has 0 fully saturated rings. The van der Waals surface area contributed by atoms with Gasteiger partial charge in [0.15, 0.2) is 0 Å². The number of nitrogens with two attached hydrogens (primary N) is 1. The largest absolute Gasteiger partial charge is 0.469 e. The monoisotopic (exact) mass is 168 g/mol. The molecule has 1 aromatic heterocycles. The van der Waals surface area contributed by atoms with E-state index < -0.39 is 0 Å². The molecule has 1 aromatic rings. The van der Waals surface area contributed by atoms with Gasteiger partial charge in [-0.1, -0.05) is 0 Å². The Kier molecular flexibility index (Phi) is 3.31. The zero-order chi connectivity index (χ0) is 8.97. The molecule has 0 bridgehead atoms. The molecule has 3 heteroatoms. The second kappa shape index (κ2) is 4.28. The first kappa shape index (κ1) is 9.29. The normalized spacial score (nSPS) is 13.2. The third-order valence-electron chi connectivity index (χ3n) is 1.96. The van der Waals surface area contributed by atoms with Gasteiger partial charge in [0.1, 0.15) is 5.76 Å². The second-order valence-electron chi connectivity index (χ2n) is 3.02. The van der Waals surface area contributed by atoms with E-state index in [1.165, 1.54) is 5.56 Å². The van der Waals surface area contributed by atoms with Gasteiger partial charge in [0, 0.05) is 24.7 Å². The van der Waals surface area contributed by atoms with Crippen LogP contribution in [-0.2, 0) is 6.54 Å². The van der Waals surface area contributed by atoms with Crippen LogP contribution in [0.25, 0.3) is 0 Å². The Labute approximate surface area is 72.9 Å². The van der Waals surface area contributed by atoms with Crippen LogP contribution in [-0.4, -0.2) is 12.6 Å². The van der Waals surface area contributed by atoms with E-state index in [1.807, 2.05) is 13.0 Å². The summed E-state index contributed by atoms with van der Waals surface area (Å²) in [6.45, 7) is 5.52. The highest BCUT2D eigenvalue weighted by Gasteiger charge is 2.02. The van der Waals surface area contributed by atoms with E-state index in [0.29, 0.717) is 12.6 Å². The maximum absolute atomic E-state index is 5.46. The van der Waals surface area contributed by atoms with Crippen LogP contribution in [0, 0.1) is 6.92 Å². The first-order valence-electron chi connectivity index (χ1n) is 4.20. The molecule has 0 unspecified atom stereocenters. The zero-order valence-corrected chi connectivity index (χ0v) is 7.63. The summed E-state index contributed by atoms with van der Waals surface area (Å²) in [4.78, 5) is 0. The minimum Gasteiger partial charge on any atom is -0.469 e. The van der Waals surface area contributed by atoms with Crippen LogP contribution in [0.15, 0.2) is 16.7 Å². The average molecular weight is 168 g/mol. The van der Waals surface area contributed by atoms with Crippen LogP contribution >= 0.6 is 0 Å². The third-order valence-corrected chi connectivity index (χ3v) is 1.96. The number of aryl methyl sites for hydroxylation is 1. The summed E-state index contributed by atoms with van der Waals surface area (Å²) in [7, 11) is 0. The van der Waals surface area contributed by atoms with E-state index in [4.69, 9.17) is 10.2 Å². The van der Waals surface area contributed by atoms with Gasteiger partial charge in [-0.2, -0.15) is 0 Å². The van der Waals surface area contributed by atoms with Crippen molar-refractivity contribution in [1.82, 2.24) is 5.32 Å². The van der Waals surface area contributed by atoms with Crippen molar-refractivity contribution in [2.45, 2.75) is 26.4 Å². The van der Waals surface area contributed by atoms with Crippen molar-refractivity contribution in [2.75, 3.05) is 6.54 Å². The third kappa shape index (κ3) is 2.36. The summed E-state index contributed by atoms with van der Waals surface area (Å²) in [6, 6.07) is 2.34. The van der Waals surface area contributed by atoms with Crippen LogP contribution in [0.5, 0.6) is 0 Å². The molecule has 1 atom stereocenters. The molecule has 3 N–H and O–H groups in total. The number of rotatable bonds is 4. The molecular weight excluding hydrogens is 152 g/mol. The summed E-state index contributed by atoms with van der Waals surface area (Å²) in [5, 5.41) is 3.29. The highest BCUT2D eigenvalue weighted by Crippen LogP contribution is 2.07. The van der Waals surface area contributed by atoms with Gasteiger partial charge in [-0.05, 0) is 19.9 Å². The molecule has 0 saturated heterocycles. The molecule has 0 aromatic carbocycles. The Morgan fingerprint density at radius 3 is 2.92 bits per heavy atom. The van der Waals surface area contributed by atoms with Crippen LogP contribution in [0.3, 0.4) is 0 Å². The molecule has 0 radical (unpaired) electrons. The van der Waals surface area contributed by atoms with Gasteiger partial charge in [0.25, 0.3) is 0 Å². The molecule has 68 valence electrons. The lowest BCUT2D eigenvalue weighted by Crippen LogP contribution is -2.32. The van der Waals surface area contributed by atoms with E-state index in [0.717, 1.165) is 12.3 Å². The van der Waals surface area contributed by atoms with Crippen molar-refractivity contribution in [3.05, 3.63) is 23.7 Å². The summed E-state index contributed by atoms with van der Waals surface area (Å²) >= 11 is 0. The molecule has 3 nitrogen and oxygen atoms in total. The lowest BCUT2D eigenvalue weighted by Gasteiger charge is -2.09. The fraction of sp³-hybridized carbons (Fsp3) is 0.556. The predicted molar refractivity (Wildman–Crippen MR) is 48.8 cm³/mol. The van der Waals surface area contributed by atoms with Crippen molar-refractivity contribution >= 4 is 0 Å². The second-order valence-corrected chi connectivity index (χ2v) is 3.02. The SMILES string of the molecule is Cc1occc1CN[C@H](C)CN. The predicted octanol–water partition coefficient (Wildman–Crippen LogP) is 1.02. The molecule has 12 heavy (non-hydrogen) atoms. The summed E-state index contributed by atoms with van der Waals surface area (Å²) in [5.41, 5.74) is 6.67. The molecular formula is C9H16N2O. The standard InChI is InChI=1S/C9H16N2O/c1-7(5-10)11-6-9-3-4-12-8(9)2/h3-4,7,11H,5-6,10H2,1-2H3/t7-/m1/s1. The van der Waals surface area contributed by atoms with Gasteiger partial charge in [-0.25, -0.2) is 0 Å². The molecule has 0 amide bonds. The van der Waals surface area contributed by atoms with Gasteiger partial charge >= 0.3 is 0 Å². The topological polar surface area (TPSA) is 51.2 Å². The minimum absolute atomic E-state index is 0.360. The summed E-state index contributed by atoms with van der Waals surface area (Å²) in [5.74, 6) is 0.978. The number of hydrogen-bond donors (Lipinski definition) is 2.